The van der Waals surface area contributed by atoms with Crippen molar-refractivity contribution in [3.63, 3.8) is 0 Å². The van der Waals surface area contributed by atoms with Crippen LogP contribution in [0.4, 0.5) is 0 Å². The first-order chi connectivity index (χ1) is 17.3. The summed E-state index contributed by atoms with van der Waals surface area (Å²) in [5, 5.41) is 16.7. The van der Waals surface area contributed by atoms with E-state index in [0.29, 0.717) is 19.5 Å². The van der Waals surface area contributed by atoms with Gasteiger partial charge >= 0.3 is 0 Å². The molecule has 194 valence electrons. The van der Waals surface area contributed by atoms with E-state index in [4.69, 9.17) is 49.3 Å². The standard InChI is InChI=1S/C22H28O13/c23-16-19-14-20(34-32-12-8-28-24)22(21(15-19)35-33-13-9-29-25)27-7-11-31-30-10-6-26-17-18-4-2-1-3-5-18/h1-5,14-16,24-25H,6-13,17H2. The SMILES string of the molecule is O=Cc1cc(OOCCOO)c(OCCOOCCOCc2ccccc2)c(OOCCOO)c1. The third-order valence-corrected chi connectivity index (χ3v) is 3.91. The van der Waals surface area contributed by atoms with E-state index < -0.39 is 0 Å². The molecule has 0 aliphatic heterocycles. The Balaban J connectivity index is 1.81. The van der Waals surface area contributed by atoms with Gasteiger partial charge in [-0.3, -0.25) is 15.3 Å². The molecule has 0 saturated carbocycles. The van der Waals surface area contributed by atoms with E-state index >= 15 is 0 Å². The number of hydrogen-bond donors (Lipinski definition) is 2. The summed E-state index contributed by atoms with van der Waals surface area (Å²) in [5.74, 6) is -0.000199. The van der Waals surface area contributed by atoms with E-state index in [1.807, 2.05) is 30.3 Å². The lowest BCUT2D eigenvalue weighted by atomic mass is 10.2. The molecule has 0 spiro atoms. The minimum Gasteiger partial charge on any atom is -0.484 e. The molecule has 13 nitrogen and oxygen atoms in total. The fourth-order valence-electron chi connectivity index (χ4n) is 2.44. The summed E-state index contributed by atoms with van der Waals surface area (Å²) >= 11 is 0. The van der Waals surface area contributed by atoms with Gasteiger partial charge in [0.25, 0.3) is 0 Å². The molecule has 0 aliphatic carbocycles. The predicted octanol–water partition coefficient (Wildman–Crippen LogP) is 2.64. The summed E-state index contributed by atoms with van der Waals surface area (Å²) in [5.41, 5.74) is 1.22. The summed E-state index contributed by atoms with van der Waals surface area (Å²) < 4.78 is 11.1. The Morgan fingerprint density at radius 3 is 1.83 bits per heavy atom. The summed E-state index contributed by atoms with van der Waals surface area (Å²) in [6.45, 7) is 0.496. The molecule has 0 aromatic heterocycles. The lowest BCUT2D eigenvalue weighted by molar-refractivity contribution is -0.302. The van der Waals surface area contributed by atoms with Crippen molar-refractivity contribution in [1.29, 1.82) is 0 Å². The van der Waals surface area contributed by atoms with Crippen LogP contribution in [-0.2, 0) is 40.7 Å². The Morgan fingerprint density at radius 1 is 0.686 bits per heavy atom. The van der Waals surface area contributed by atoms with Crippen molar-refractivity contribution in [1.82, 2.24) is 0 Å². The number of carbonyl (C=O) groups is 1. The van der Waals surface area contributed by atoms with Crippen LogP contribution >= 0.6 is 0 Å². The molecule has 0 heterocycles. The van der Waals surface area contributed by atoms with Crippen LogP contribution in [0.5, 0.6) is 17.2 Å². The second-order valence-corrected chi connectivity index (χ2v) is 6.47. The molecule has 0 fully saturated rings. The Hall–Kier alpha value is -2.85. The summed E-state index contributed by atoms with van der Waals surface area (Å²) in [4.78, 5) is 49.3. The second kappa shape index (κ2) is 18.5. The second-order valence-electron chi connectivity index (χ2n) is 6.47. The van der Waals surface area contributed by atoms with Gasteiger partial charge in [0.05, 0.1) is 13.2 Å². The molecule has 0 atom stereocenters. The minimum atomic E-state index is -0.155. The summed E-state index contributed by atoms with van der Waals surface area (Å²) in [6, 6.07) is 12.4. The van der Waals surface area contributed by atoms with E-state index in [9.17, 15) is 4.79 Å². The predicted molar refractivity (Wildman–Crippen MR) is 116 cm³/mol. The molecule has 0 saturated heterocycles. The zero-order valence-corrected chi connectivity index (χ0v) is 18.9. The van der Waals surface area contributed by atoms with E-state index in [1.54, 1.807) is 0 Å². The number of carbonyl (C=O) groups excluding carboxylic acids is 1. The minimum absolute atomic E-state index is 0.00245. The maximum Gasteiger partial charge on any atom is 0.212 e. The van der Waals surface area contributed by atoms with Crippen LogP contribution < -0.4 is 14.5 Å². The zero-order valence-electron chi connectivity index (χ0n) is 18.9. The highest BCUT2D eigenvalue weighted by molar-refractivity contribution is 5.78. The van der Waals surface area contributed by atoms with Crippen molar-refractivity contribution in [3.8, 4) is 17.2 Å². The molecule has 0 amide bonds. The highest BCUT2D eigenvalue weighted by Crippen LogP contribution is 2.39. The Morgan fingerprint density at radius 2 is 1.26 bits per heavy atom. The van der Waals surface area contributed by atoms with E-state index in [2.05, 4.69) is 9.78 Å². The van der Waals surface area contributed by atoms with Gasteiger partial charge in [-0.25, -0.2) is 19.6 Å². The average molecular weight is 500 g/mol. The lowest BCUT2D eigenvalue weighted by Gasteiger charge is -2.15. The zero-order chi connectivity index (χ0) is 25.0. The average Bonchev–Trinajstić information content (AvgIpc) is 2.89. The smallest absolute Gasteiger partial charge is 0.212 e. The molecule has 0 radical (unpaired) electrons. The van der Waals surface area contributed by atoms with Crippen molar-refractivity contribution >= 4 is 6.29 Å². The third kappa shape index (κ3) is 11.9. The molecule has 2 aromatic carbocycles. The fraction of sp³-hybridized carbons (Fsp3) is 0.409. The highest BCUT2D eigenvalue weighted by Gasteiger charge is 2.18. The van der Waals surface area contributed by atoms with Crippen LogP contribution in [0.3, 0.4) is 0 Å². The number of aldehydes is 1. The van der Waals surface area contributed by atoms with Crippen LogP contribution in [0.15, 0.2) is 42.5 Å². The number of hydrogen-bond acceptors (Lipinski definition) is 13. The van der Waals surface area contributed by atoms with Crippen molar-refractivity contribution in [2.45, 2.75) is 6.61 Å². The number of benzene rings is 2. The topological polar surface area (TPSA) is 150 Å². The van der Waals surface area contributed by atoms with Crippen molar-refractivity contribution in [3.05, 3.63) is 53.6 Å². The van der Waals surface area contributed by atoms with Crippen LogP contribution in [0.25, 0.3) is 0 Å². The van der Waals surface area contributed by atoms with Crippen molar-refractivity contribution in [2.75, 3.05) is 52.9 Å². The van der Waals surface area contributed by atoms with Gasteiger partial charge in [-0.05, 0) is 17.7 Å². The molecular formula is C22H28O13. The van der Waals surface area contributed by atoms with Crippen LogP contribution in [0.2, 0.25) is 0 Å². The fourth-order valence-corrected chi connectivity index (χ4v) is 2.44. The van der Waals surface area contributed by atoms with Gasteiger partial charge in [0.1, 0.15) is 52.5 Å². The number of rotatable bonds is 21. The molecule has 13 heteroatoms. The van der Waals surface area contributed by atoms with Gasteiger partial charge in [0.2, 0.25) is 17.2 Å². The molecule has 0 unspecified atom stereocenters. The summed E-state index contributed by atoms with van der Waals surface area (Å²) in [7, 11) is 0. The van der Waals surface area contributed by atoms with Gasteiger partial charge in [-0.15, -0.1) is 0 Å². The van der Waals surface area contributed by atoms with Gasteiger partial charge in [-0.2, -0.15) is 9.78 Å². The van der Waals surface area contributed by atoms with E-state index in [0.717, 1.165) is 5.56 Å². The van der Waals surface area contributed by atoms with Crippen molar-refractivity contribution < 1.29 is 63.9 Å². The Bertz CT molecular complexity index is 785. The molecule has 2 aromatic rings. The Kier molecular flexibility index (Phi) is 15.0. The van der Waals surface area contributed by atoms with E-state index in [1.165, 1.54) is 12.1 Å². The maximum absolute atomic E-state index is 11.3. The monoisotopic (exact) mass is 500 g/mol. The first-order valence-corrected chi connectivity index (χ1v) is 10.5. The van der Waals surface area contributed by atoms with Crippen LogP contribution in [0, 0.1) is 0 Å². The quantitative estimate of drug-likeness (QED) is 0.112. The van der Waals surface area contributed by atoms with Crippen LogP contribution in [-0.4, -0.2) is 69.7 Å². The highest BCUT2D eigenvalue weighted by atomic mass is 17.2. The molecule has 2 N–H and O–H groups in total. The Labute approximate surface area is 201 Å². The molecule has 0 aliphatic rings. The normalized spacial score (nSPS) is 10.8. The maximum atomic E-state index is 11.3. The van der Waals surface area contributed by atoms with Crippen LogP contribution in [0.1, 0.15) is 15.9 Å². The molecular weight excluding hydrogens is 472 g/mol. The van der Waals surface area contributed by atoms with Gasteiger partial charge in [-0.1, -0.05) is 30.3 Å². The van der Waals surface area contributed by atoms with E-state index in [-0.39, 0.29) is 69.1 Å². The van der Waals surface area contributed by atoms with Gasteiger partial charge < -0.3 is 19.2 Å². The number of ether oxygens (including phenoxy) is 2. The summed E-state index contributed by atoms with van der Waals surface area (Å²) in [6.07, 6.45) is 0.550. The lowest BCUT2D eigenvalue weighted by Crippen LogP contribution is -2.13. The first-order valence-electron chi connectivity index (χ1n) is 10.5. The van der Waals surface area contributed by atoms with Gasteiger partial charge in [0, 0.05) is 5.56 Å². The largest absolute Gasteiger partial charge is 0.484 e. The first kappa shape index (κ1) is 28.4. The molecule has 0 bridgehead atoms. The third-order valence-electron chi connectivity index (χ3n) is 3.91. The van der Waals surface area contributed by atoms with Crippen molar-refractivity contribution in [2.24, 2.45) is 0 Å². The molecule has 35 heavy (non-hydrogen) atoms. The van der Waals surface area contributed by atoms with Gasteiger partial charge in [0.15, 0.2) is 0 Å². The molecule has 2 rings (SSSR count).